The topological polar surface area (TPSA) is 52.7 Å². The molecular formula is C12H20F3N3O2. The van der Waals surface area contributed by atoms with E-state index in [9.17, 15) is 22.8 Å². The number of carbonyl (C=O) groups excluding carboxylic acids is 2. The highest BCUT2D eigenvalue weighted by Gasteiger charge is 2.34. The van der Waals surface area contributed by atoms with Gasteiger partial charge in [-0.15, -0.1) is 0 Å². The summed E-state index contributed by atoms with van der Waals surface area (Å²) >= 11 is 0. The number of likely N-dealkylation sites (N-methyl/N-ethyl adjacent to an activating group) is 1. The van der Waals surface area contributed by atoms with Crippen LogP contribution in [0.25, 0.3) is 0 Å². The van der Waals surface area contributed by atoms with Gasteiger partial charge in [0.05, 0.1) is 6.54 Å². The predicted octanol–water partition coefficient (Wildman–Crippen LogP) is 0.465. The highest BCUT2D eigenvalue weighted by atomic mass is 19.4. The summed E-state index contributed by atoms with van der Waals surface area (Å²) in [6, 6.07) is 0. The third-order valence-corrected chi connectivity index (χ3v) is 2.95. The Hall–Kier alpha value is -1.31. The molecule has 0 unspecified atom stereocenters. The molecule has 5 nitrogen and oxygen atoms in total. The normalized spacial score (nSPS) is 15.1. The number of carbonyl (C=O) groups is 2. The lowest BCUT2D eigenvalue weighted by molar-refractivity contribution is -0.163. The van der Waals surface area contributed by atoms with E-state index in [0.717, 1.165) is 17.7 Å². The summed E-state index contributed by atoms with van der Waals surface area (Å²) in [4.78, 5) is 25.0. The van der Waals surface area contributed by atoms with E-state index in [1.54, 1.807) is 0 Å². The van der Waals surface area contributed by atoms with Crippen LogP contribution in [0.4, 0.5) is 13.2 Å². The van der Waals surface area contributed by atoms with Crippen LogP contribution in [0.15, 0.2) is 0 Å². The third kappa shape index (κ3) is 6.74. The van der Waals surface area contributed by atoms with Crippen LogP contribution in [0, 0.1) is 5.92 Å². The van der Waals surface area contributed by atoms with Gasteiger partial charge in [-0.2, -0.15) is 13.2 Å². The summed E-state index contributed by atoms with van der Waals surface area (Å²) in [7, 11) is 2.87. The fraction of sp³-hybridized carbons (Fsp3) is 0.833. The van der Waals surface area contributed by atoms with Crippen LogP contribution in [-0.4, -0.2) is 68.1 Å². The first-order valence-corrected chi connectivity index (χ1v) is 6.44. The average Bonchev–Trinajstić information content (AvgIpc) is 3.09. The smallest absolute Gasteiger partial charge is 0.347 e. The van der Waals surface area contributed by atoms with E-state index in [-0.39, 0.29) is 6.54 Å². The minimum absolute atomic E-state index is 0.173. The van der Waals surface area contributed by atoms with Crippen molar-refractivity contribution in [3.63, 3.8) is 0 Å². The van der Waals surface area contributed by atoms with Gasteiger partial charge in [0.25, 0.3) is 0 Å². The Labute approximate surface area is 116 Å². The van der Waals surface area contributed by atoms with Gasteiger partial charge in [-0.1, -0.05) is 0 Å². The summed E-state index contributed by atoms with van der Waals surface area (Å²) in [5.41, 5.74) is 0. The van der Waals surface area contributed by atoms with Crippen LogP contribution in [0.1, 0.15) is 12.8 Å². The summed E-state index contributed by atoms with van der Waals surface area (Å²) in [6.45, 7) is -1.51. The molecule has 8 heteroatoms. The zero-order valence-electron chi connectivity index (χ0n) is 11.7. The van der Waals surface area contributed by atoms with Crippen molar-refractivity contribution in [2.24, 2.45) is 5.92 Å². The van der Waals surface area contributed by atoms with E-state index in [2.05, 4.69) is 5.32 Å². The first-order valence-electron chi connectivity index (χ1n) is 6.44. The summed E-state index contributed by atoms with van der Waals surface area (Å²) < 4.78 is 37.3. The monoisotopic (exact) mass is 295 g/mol. The maximum atomic E-state index is 12.4. The van der Waals surface area contributed by atoms with Crippen molar-refractivity contribution in [2.45, 2.75) is 19.0 Å². The molecule has 0 aromatic rings. The molecule has 0 atom stereocenters. The van der Waals surface area contributed by atoms with Gasteiger partial charge in [0.15, 0.2) is 0 Å². The first kappa shape index (κ1) is 16.7. The number of hydrogen-bond acceptors (Lipinski definition) is 3. The van der Waals surface area contributed by atoms with Crippen molar-refractivity contribution in [2.75, 3.05) is 40.3 Å². The van der Waals surface area contributed by atoms with Crippen LogP contribution < -0.4 is 5.32 Å². The summed E-state index contributed by atoms with van der Waals surface area (Å²) in [6.07, 6.45) is -2.34. The quantitative estimate of drug-likeness (QED) is 0.742. The molecule has 1 aliphatic rings. The standard InChI is InChI=1S/C12H20F3N3O2/c1-17(2)11(20)7-18(8-12(13,14)15)10(19)6-16-5-9-3-4-9/h9,16H,3-8H2,1-2H3. The van der Waals surface area contributed by atoms with E-state index in [1.807, 2.05) is 0 Å². The Morgan fingerprint density at radius 1 is 1.20 bits per heavy atom. The largest absolute Gasteiger partial charge is 0.406 e. The Bertz CT molecular complexity index is 354. The summed E-state index contributed by atoms with van der Waals surface area (Å²) in [5.74, 6) is -0.717. The Kier molecular flexibility index (Phi) is 5.79. The lowest BCUT2D eigenvalue weighted by atomic mass is 10.3. The van der Waals surface area contributed by atoms with Crippen molar-refractivity contribution >= 4 is 11.8 Å². The highest BCUT2D eigenvalue weighted by molar-refractivity contribution is 5.85. The van der Waals surface area contributed by atoms with E-state index in [4.69, 9.17) is 0 Å². The second kappa shape index (κ2) is 6.92. The number of hydrogen-bond donors (Lipinski definition) is 1. The minimum atomic E-state index is -4.52. The van der Waals surface area contributed by atoms with E-state index >= 15 is 0 Å². The molecule has 0 aliphatic heterocycles. The molecular weight excluding hydrogens is 275 g/mol. The fourth-order valence-electron chi connectivity index (χ4n) is 1.57. The van der Waals surface area contributed by atoms with E-state index in [1.165, 1.54) is 14.1 Å². The molecule has 0 spiro atoms. The van der Waals surface area contributed by atoms with Crippen molar-refractivity contribution in [3.05, 3.63) is 0 Å². The molecule has 0 radical (unpaired) electrons. The van der Waals surface area contributed by atoms with Gasteiger partial charge in [-0.25, -0.2) is 0 Å². The van der Waals surface area contributed by atoms with Crippen molar-refractivity contribution in [1.29, 1.82) is 0 Å². The van der Waals surface area contributed by atoms with E-state index < -0.39 is 31.1 Å². The highest BCUT2D eigenvalue weighted by Crippen LogP contribution is 2.27. The van der Waals surface area contributed by atoms with Gasteiger partial charge in [0, 0.05) is 14.1 Å². The zero-order valence-corrected chi connectivity index (χ0v) is 11.7. The van der Waals surface area contributed by atoms with Gasteiger partial charge in [-0.05, 0) is 25.3 Å². The molecule has 0 aromatic heterocycles. The number of alkyl halides is 3. The fourth-order valence-corrected chi connectivity index (χ4v) is 1.57. The SMILES string of the molecule is CN(C)C(=O)CN(CC(F)(F)F)C(=O)CNCC1CC1. The number of nitrogens with zero attached hydrogens (tertiary/aromatic N) is 2. The molecule has 0 saturated heterocycles. The minimum Gasteiger partial charge on any atom is -0.347 e. The molecule has 2 amide bonds. The second-order valence-electron chi connectivity index (χ2n) is 5.23. The molecule has 1 rings (SSSR count). The molecule has 1 aliphatic carbocycles. The van der Waals surface area contributed by atoms with Crippen LogP contribution in [-0.2, 0) is 9.59 Å². The van der Waals surface area contributed by atoms with Gasteiger partial charge < -0.3 is 15.1 Å². The average molecular weight is 295 g/mol. The molecule has 0 aromatic carbocycles. The third-order valence-electron chi connectivity index (χ3n) is 2.95. The number of halogens is 3. The molecule has 1 saturated carbocycles. The predicted molar refractivity (Wildman–Crippen MR) is 66.9 cm³/mol. The Morgan fingerprint density at radius 2 is 1.80 bits per heavy atom. The van der Waals surface area contributed by atoms with E-state index in [0.29, 0.717) is 17.4 Å². The first-order chi connectivity index (χ1) is 9.19. The van der Waals surface area contributed by atoms with Gasteiger partial charge in [0.2, 0.25) is 11.8 Å². The maximum Gasteiger partial charge on any atom is 0.406 e. The van der Waals surface area contributed by atoms with Gasteiger partial charge in [0.1, 0.15) is 13.1 Å². The van der Waals surface area contributed by atoms with Crippen LogP contribution in [0.2, 0.25) is 0 Å². The van der Waals surface area contributed by atoms with Crippen LogP contribution in [0.3, 0.4) is 0 Å². The van der Waals surface area contributed by atoms with Crippen LogP contribution in [0.5, 0.6) is 0 Å². The van der Waals surface area contributed by atoms with Crippen molar-refractivity contribution in [1.82, 2.24) is 15.1 Å². The molecule has 0 bridgehead atoms. The molecule has 20 heavy (non-hydrogen) atoms. The number of rotatable bonds is 7. The Morgan fingerprint density at radius 3 is 2.25 bits per heavy atom. The second-order valence-corrected chi connectivity index (χ2v) is 5.23. The lowest BCUT2D eigenvalue weighted by Crippen LogP contribution is -2.47. The molecule has 0 heterocycles. The Balaban J connectivity index is 2.49. The van der Waals surface area contributed by atoms with Crippen molar-refractivity contribution < 1.29 is 22.8 Å². The lowest BCUT2D eigenvalue weighted by Gasteiger charge is -2.25. The number of amides is 2. The van der Waals surface area contributed by atoms with Gasteiger partial charge in [-0.3, -0.25) is 9.59 Å². The molecule has 116 valence electrons. The molecule has 1 N–H and O–H groups in total. The number of nitrogens with one attached hydrogen (secondary N) is 1. The summed E-state index contributed by atoms with van der Waals surface area (Å²) in [5, 5.41) is 2.83. The molecule has 1 fully saturated rings. The zero-order chi connectivity index (χ0) is 15.3. The van der Waals surface area contributed by atoms with Crippen molar-refractivity contribution in [3.8, 4) is 0 Å². The van der Waals surface area contributed by atoms with Crippen LogP contribution >= 0.6 is 0 Å². The van der Waals surface area contributed by atoms with Gasteiger partial charge >= 0.3 is 6.18 Å². The maximum absolute atomic E-state index is 12.4.